The second-order valence-corrected chi connectivity index (χ2v) is 7.25. The Hall–Kier alpha value is -3.15. The topological polar surface area (TPSA) is 67.3 Å². The zero-order chi connectivity index (χ0) is 20.1. The highest BCUT2D eigenvalue weighted by Gasteiger charge is 2.24. The second-order valence-electron chi connectivity index (χ2n) is 7.25. The lowest BCUT2D eigenvalue weighted by molar-refractivity contribution is 0.180. The average molecular weight is 390 g/mol. The first-order valence-corrected chi connectivity index (χ1v) is 10.2. The van der Waals surface area contributed by atoms with E-state index in [-0.39, 0.29) is 6.03 Å². The number of hydrogen-bond donors (Lipinski definition) is 1. The van der Waals surface area contributed by atoms with Gasteiger partial charge < -0.3 is 15.0 Å². The molecule has 0 unspecified atom stereocenters. The number of para-hydroxylation sites is 1. The Kier molecular flexibility index (Phi) is 5.89. The van der Waals surface area contributed by atoms with Crippen molar-refractivity contribution >= 4 is 17.1 Å². The Balaban J connectivity index is 1.32. The summed E-state index contributed by atoms with van der Waals surface area (Å²) in [7, 11) is 0. The fourth-order valence-electron chi connectivity index (χ4n) is 3.80. The number of nitrogens with one attached hydrogen (secondary N) is 1. The molecule has 1 fully saturated rings. The van der Waals surface area contributed by atoms with Gasteiger partial charge in [-0.05, 0) is 50.1 Å². The summed E-state index contributed by atoms with van der Waals surface area (Å²) in [6.45, 7) is 4.49. The number of carbonyl (C=O) groups is 1. The predicted molar refractivity (Wildman–Crippen MR) is 113 cm³/mol. The van der Waals surface area contributed by atoms with Crippen LogP contribution >= 0.6 is 0 Å². The lowest BCUT2D eigenvalue weighted by Crippen LogP contribution is -2.43. The SMILES string of the molecule is CCOc1ccccc1CNC(=O)N1CCC(c2ccc3cccnc3n2)CC1. The van der Waals surface area contributed by atoms with E-state index in [1.807, 2.05) is 48.2 Å². The van der Waals surface area contributed by atoms with Gasteiger partial charge in [-0.25, -0.2) is 14.8 Å². The highest BCUT2D eigenvalue weighted by atomic mass is 16.5. The summed E-state index contributed by atoms with van der Waals surface area (Å²) in [5, 5.41) is 4.08. The van der Waals surface area contributed by atoms with Crippen LogP contribution in [0.2, 0.25) is 0 Å². The molecule has 0 atom stereocenters. The van der Waals surface area contributed by atoms with Crippen LogP contribution in [0.25, 0.3) is 11.0 Å². The van der Waals surface area contributed by atoms with E-state index in [2.05, 4.69) is 22.4 Å². The van der Waals surface area contributed by atoms with E-state index in [0.717, 1.165) is 54.0 Å². The number of fused-ring (bicyclic) bond motifs is 1. The van der Waals surface area contributed by atoms with Crippen molar-refractivity contribution in [2.45, 2.75) is 32.2 Å². The Morgan fingerprint density at radius 2 is 1.97 bits per heavy atom. The highest BCUT2D eigenvalue weighted by molar-refractivity contribution is 5.75. The van der Waals surface area contributed by atoms with E-state index in [1.165, 1.54) is 0 Å². The summed E-state index contributed by atoms with van der Waals surface area (Å²) >= 11 is 0. The molecule has 6 heteroatoms. The summed E-state index contributed by atoms with van der Waals surface area (Å²) in [4.78, 5) is 23.6. The number of benzene rings is 1. The largest absolute Gasteiger partial charge is 0.494 e. The molecular weight excluding hydrogens is 364 g/mol. The number of nitrogens with zero attached hydrogens (tertiary/aromatic N) is 3. The molecule has 0 bridgehead atoms. The zero-order valence-electron chi connectivity index (χ0n) is 16.7. The average Bonchev–Trinajstić information content (AvgIpc) is 2.78. The Labute approximate surface area is 170 Å². The predicted octanol–water partition coefficient (Wildman–Crippen LogP) is 4.12. The van der Waals surface area contributed by atoms with Crippen LogP contribution < -0.4 is 10.1 Å². The van der Waals surface area contributed by atoms with Crippen molar-refractivity contribution in [3.63, 3.8) is 0 Å². The lowest BCUT2D eigenvalue weighted by atomic mass is 9.93. The van der Waals surface area contributed by atoms with Crippen LogP contribution in [-0.2, 0) is 6.54 Å². The molecule has 2 aromatic heterocycles. The third-order valence-corrected chi connectivity index (χ3v) is 5.39. The van der Waals surface area contributed by atoms with Crippen LogP contribution in [0.15, 0.2) is 54.7 Å². The fourth-order valence-corrected chi connectivity index (χ4v) is 3.80. The first kappa shape index (κ1) is 19.2. The van der Waals surface area contributed by atoms with E-state index in [9.17, 15) is 4.79 Å². The Morgan fingerprint density at radius 3 is 2.79 bits per heavy atom. The quantitative estimate of drug-likeness (QED) is 0.712. The van der Waals surface area contributed by atoms with Crippen molar-refractivity contribution < 1.29 is 9.53 Å². The first-order chi connectivity index (χ1) is 14.2. The number of urea groups is 1. The molecule has 6 nitrogen and oxygen atoms in total. The number of carbonyl (C=O) groups excluding carboxylic acids is 1. The fraction of sp³-hybridized carbons (Fsp3) is 0.348. The highest BCUT2D eigenvalue weighted by Crippen LogP contribution is 2.28. The minimum Gasteiger partial charge on any atom is -0.494 e. The maximum Gasteiger partial charge on any atom is 0.317 e. The summed E-state index contributed by atoms with van der Waals surface area (Å²) in [5.74, 6) is 1.19. The van der Waals surface area contributed by atoms with Crippen molar-refractivity contribution in [3.05, 3.63) is 66.0 Å². The minimum absolute atomic E-state index is 0.0251. The maximum absolute atomic E-state index is 12.6. The third-order valence-electron chi connectivity index (χ3n) is 5.39. The van der Waals surface area contributed by atoms with Crippen molar-refractivity contribution in [2.75, 3.05) is 19.7 Å². The number of amides is 2. The molecule has 2 amide bonds. The Morgan fingerprint density at radius 1 is 1.14 bits per heavy atom. The lowest BCUT2D eigenvalue weighted by Gasteiger charge is -2.31. The van der Waals surface area contributed by atoms with Gasteiger partial charge in [0.1, 0.15) is 5.75 Å². The van der Waals surface area contributed by atoms with Gasteiger partial charge in [-0.3, -0.25) is 0 Å². The molecule has 4 rings (SSSR count). The molecule has 1 aromatic carbocycles. The second kappa shape index (κ2) is 8.90. The van der Waals surface area contributed by atoms with Gasteiger partial charge in [0.05, 0.1) is 6.61 Å². The number of ether oxygens (including phenoxy) is 1. The molecular formula is C23H26N4O2. The standard InChI is InChI=1S/C23H26N4O2/c1-2-29-21-8-4-3-6-19(21)16-25-23(28)27-14-11-17(12-15-27)20-10-9-18-7-5-13-24-22(18)26-20/h3-10,13,17H,2,11-12,14-16H2,1H3,(H,25,28). The van der Waals surface area contributed by atoms with E-state index in [1.54, 1.807) is 6.20 Å². The zero-order valence-corrected chi connectivity index (χ0v) is 16.7. The van der Waals surface area contributed by atoms with Gasteiger partial charge in [-0.2, -0.15) is 0 Å². The molecule has 150 valence electrons. The molecule has 1 aliphatic rings. The third kappa shape index (κ3) is 4.47. The smallest absolute Gasteiger partial charge is 0.317 e. The molecule has 3 heterocycles. The first-order valence-electron chi connectivity index (χ1n) is 10.2. The molecule has 0 aliphatic carbocycles. The van der Waals surface area contributed by atoms with Crippen molar-refractivity contribution in [2.24, 2.45) is 0 Å². The van der Waals surface area contributed by atoms with E-state index in [4.69, 9.17) is 9.72 Å². The van der Waals surface area contributed by atoms with E-state index >= 15 is 0 Å². The number of likely N-dealkylation sites (tertiary alicyclic amines) is 1. The van der Waals surface area contributed by atoms with E-state index < -0.39 is 0 Å². The molecule has 1 aliphatic heterocycles. The van der Waals surface area contributed by atoms with Crippen molar-refractivity contribution in [1.82, 2.24) is 20.2 Å². The normalized spacial score (nSPS) is 14.7. The summed E-state index contributed by atoms with van der Waals surface area (Å²) in [6, 6.07) is 15.9. The van der Waals surface area contributed by atoms with Crippen LogP contribution in [0.5, 0.6) is 5.75 Å². The summed E-state index contributed by atoms with van der Waals surface area (Å²) in [5.41, 5.74) is 2.85. The van der Waals surface area contributed by atoms with Gasteiger partial charge in [0.2, 0.25) is 0 Å². The van der Waals surface area contributed by atoms with Crippen LogP contribution in [0, 0.1) is 0 Å². The molecule has 1 N–H and O–H groups in total. The van der Waals surface area contributed by atoms with Crippen LogP contribution in [0.4, 0.5) is 4.79 Å². The minimum atomic E-state index is -0.0251. The van der Waals surface area contributed by atoms with Gasteiger partial charge in [0, 0.05) is 48.4 Å². The van der Waals surface area contributed by atoms with Gasteiger partial charge in [-0.15, -0.1) is 0 Å². The molecule has 0 radical (unpaired) electrons. The number of hydrogen-bond acceptors (Lipinski definition) is 4. The molecule has 1 saturated heterocycles. The van der Waals surface area contributed by atoms with Gasteiger partial charge in [0.15, 0.2) is 5.65 Å². The summed E-state index contributed by atoms with van der Waals surface area (Å²) < 4.78 is 5.63. The Bertz CT molecular complexity index is 983. The van der Waals surface area contributed by atoms with Crippen LogP contribution in [0.1, 0.15) is 36.9 Å². The van der Waals surface area contributed by atoms with Crippen molar-refractivity contribution in [3.8, 4) is 5.75 Å². The maximum atomic E-state index is 12.6. The van der Waals surface area contributed by atoms with Gasteiger partial charge in [-0.1, -0.05) is 18.2 Å². The molecule has 3 aromatic rings. The van der Waals surface area contributed by atoms with Crippen LogP contribution in [0.3, 0.4) is 0 Å². The molecule has 0 saturated carbocycles. The van der Waals surface area contributed by atoms with Crippen molar-refractivity contribution in [1.29, 1.82) is 0 Å². The molecule has 0 spiro atoms. The van der Waals surface area contributed by atoms with Crippen LogP contribution in [-0.4, -0.2) is 40.6 Å². The number of aromatic nitrogens is 2. The van der Waals surface area contributed by atoms with Gasteiger partial charge in [0.25, 0.3) is 0 Å². The number of rotatable bonds is 5. The molecule has 29 heavy (non-hydrogen) atoms. The van der Waals surface area contributed by atoms with E-state index in [0.29, 0.717) is 19.1 Å². The van der Waals surface area contributed by atoms with Gasteiger partial charge >= 0.3 is 6.03 Å². The number of piperidine rings is 1. The number of pyridine rings is 2. The summed E-state index contributed by atoms with van der Waals surface area (Å²) in [6.07, 6.45) is 3.60. The monoisotopic (exact) mass is 390 g/mol.